The van der Waals surface area contributed by atoms with Crippen molar-refractivity contribution < 1.29 is 13.9 Å². The molecule has 0 aliphatic heterocycles. The molecule has 0 bridgehead atoms. The second-order valence-corrected chi connectivity index (χ2v) is 3.93. The minimum absolute atomic E-state index is 0.149. The SMILES string of the molecule is CCOC(=O)c1nnc(Sc2nccn2C)o1. The van der Waals surface area contributed by atoms with Gasteiger partial charge in [0.15, 0.2) is 5.16 Å². The third kappa shape index (κ3) is 2.64. The van der Waals surface area contributed by atoms with Crippen LogP contribution in [0.25, 0.3) is 0 Å². The molecule has 8 heteroatoms. The number of hydrogen-bond acceptors (Lipinski definition) is 7. The molecule has 2 aromatic heterocycles. The second kappa shape index (κ2) is 5.00. The monoisotopic (exact) mass is 254 g/mol. The van der Waals surface area contributed by atoms with Crippen molar-refractivity contribution in [2.24, 2.45) is 7.05 Å². The number of rotatable bonds is 4. The molecule has 0 radical (unpaired) electrons. The standard InChI is InChI=1S/C9H10N4O3S/c1-3-15-7(14)6-11-12-9(16-6)17-8-10-4-5-13(8)2/h4-5H,3H2,1-2H3. The fourth-order valence-corrected chi connectivity index (χ4v) is 1.73. The minimum Gasteiger partial charge on any atom is -0.459 e. The van der Waals surface area contributed by atoms with Gasteiger partial charge in [-0.3, -0.25) is 0 Å². The zero-order chi connectivity index (χ0) is 12.3. The van der Waals surface area contributed by atoms with E-state index in [1.165, 1.54) is 11.8 Å². The molecular formula is C9H10N4O3S. The van der Waals surface area contributed by atoms with Gasteiger partial charge < -0.3 is 13.7 Å². The fraction of sp³-hybridized carbons (Fsp3) is 0.333. The van der Waals surface area contributed by atoms with Crippen LogP contribution in [0.2, 0.25) is 0 Å². The molecule has 0 aliphatic rings. The zero-order valence-electron chi connectivity index (χ0n) is 9.28. The number of carbonyl (C=O) groups is 1. The summed E-state index contributed by atoms with van der Waals surface area (Å²) in [5.41, 5.74) is 0. The van der Waals surface area contributed by atoms with Crippen molar-refractivity contribution in [3.63, 3.8) is 0 Å². The van der Waals surface area contributed by atoms with Crippen LogP contribution in [0.4, 0.5) is 0 Å². The molecule has 0 amide bonds. The first-order valence-corrected chi connectivity index (χ1v) is 5.68. The van der Waals surface area contributed by atoms with Crippen LogP contribution in [0, 0.1) is 0 Å². The van der Waals surface area contributed by atoms with Crippen LogP contribution in [-0.4, -0.2) is 32.3 Å². The summed E-state index contributed by atoms with van der Waals surface area (Å²) >= 11 is 1.18. The van der Waals surface area contributed by atoms with Crippen molar-refractivity contribution in [2.45, 2.75) is 17.3 Å². The second-order valence-electron chi connectivity index (χ2n) is 3.02. The van der Waals surface area contributed by atoms with E-state index in [2.05, 4.69) is 15.2 Å². The van der Waals surface area contributed by atoms with Gasteiger partial charge in [-0.15, -0.1) is 5.10 Å². The number of hydrogen-bond donors (Lipinski definition) is 0. The summed E-state index contributed by atoms with van der Waals surface area (Å²) in [4.78, 5) is 15.4. The number of aromatic nitrogens is 4. The van der Waals surface area contributed by atoms with Gasteiger partial charge in [0.25, 0.3) is 5.22 Å². The molecule has 0 saturated heterocycles. The van der Waals surface area contributed by atoms with E-state index in [4.69, 9.17) is 9.15 Å². The van der Waals surface area contributed by atoms with Gasteiger partial charge in [-0.2, -0.15) is 0 Å². The molecule has 2 aromatic rings. The molecule has 2 rings (SSSR count). The Bertz CT molecular complexity index is 522. The third-order valence-corrected chi connectivity index (χ3v) is 2.73. The van der Waals surface area contributed by atoms with Crippen LogP contribution < -0.4 is 0 Å². The number of nitrogens with zero attached hydrogens (tertiary/aromatic N) is 4. The van der Waals surface area contributed by atoms with Gasteiger partial charge in [-0.25, -0.2) is 9.78 Å². The molecule has 90 valence electrons. The molecule has 0 aromatic carbocycles. The topological polar surface area (TPSA) is 83.0 Å². The summed E-state index contributed by atoms with van der Waals surface area (Å²) in [6.07, 6.45) is 3.45. The predicted molar refractivity (Wildman–Crippen MR) is 57.6 cm³/mol. The maximum atomic E-state index is 11.3. The lowest BCUT2D eigenvalue weighted by Crippen LogP contribution is -2.04. The highest BCUT2D eigenvalue weighted by Crippen LogP contribution is 2.24. The Morgan fingerprint density at radius 2 is 2.41 bits per heavy atom. The Hall–Kier alpha value is -1.83. The Balaban J connectivity index is 2.09. The Labute approximate surface area is 101 Å². The molecular weight excluding hydrogens is 244 g/mol. The van der Waals surface area contributed by atoms with E-state index < -0.39 is 5.97 Å². The summed E-state index contributed by atoms with van der Waals surface area (Å²) < 4.78 is 11.7. The molecule has 2 heterocycles. The first kappa shape index (κ1) is 11.6. The first-order chi connectivity index (χ1) is 8.20. The number of esters is 1. The largest absolute Gasteiger partial charge is 0.459 e. The van der Waals surface area contributed by atoms with Gasteiger partial charge in [0.1, 0.15) is 0 Å². The van der Waals surface area contributed by atoms with E-state index in [1.807, 2.05) is 7.05 Å². The molecule has 7 nitrogen and oxygen atoms in total. The number of carbonyl (C=O) groups excluding carboxylic acids is 1. The summed E-state index contributed by atoms with van der Waals surface area (Å²) in [7, 11) is 1.85. The van der Waals surface area contributed by atoms with E-state index >= 15 is 0 Å². The number of ether oxygens (including phenoxy) is 1. The quantitative estimate of drug-likeness (QED) is 0.756. The molecule has 0 unspecified atom stereocenters. The first-order valence-electron chi connectivity index (χ1n) is 4.86. The van der Waals surface area contributed by atoms with Gasteiger partial charge in [0.2, 0.25) is 0 Å². The summed E-state index contributed by atoms with van der Waals surface area (Å²) in [5.74, 6) is -0.768. The zero-order valence-corrected chi connectivity index (χ0v) is 10.1. The molecule has 17 heavy (non-hydrogen) atoms. The Morgan fingerprint density at radius 1 is 1.59 bits per heavy atom. The van der Waals surface area contributed by atoms with Crippen LogP contribution in [-0.2, 0) is 11.8 Å². The van der Waals surface area contributed by atoms with Crippen LogP contribution in [0.5, 0.6) is 0 Å². The minimum atomic E-state index is -0.619. The summed E-state index contributed by atoms with van der Waals surface area (Å²) in [6, 6.07) is 0. The van der Waals surface area contributed by atoms with Crippen LogP contribution >= 0.6 is 11.8 Å². The Morgan fingerprint density at radius 3 is 3.06 bits per heavy atom. The van der Waals surface area contributed by atoms with Crippen LogP contribution in [0.3, 0.4) is 0 Å². The average molecular weight is 254 g/mol. The van der Waals surface area contributed by atoms with Gasteiger partial charge in [-0.05, 0) is 6.92 Å². The highest BCUT2D eigenvalue weighted by atomic mass is 32.2. The van der Waals surface area contributed by atoms with Crippen molar-refractivity contribution in [1.82, 2.24) is 19.7 Å². The van der Waals surface area contributed by atoms with Crippen molar-refractivity contribution in [3.8, 4) is 0 Å². The van der Waals surface area contributed by atoms with Gasteiger partial charge in [0, 0.05) is 31.2 Å². The van der Waals surface area contributed by atoms with E-state index in [0.29, 0.717) is 5.16 Å². The number of imidazole rings is 1. The lowest BCUT2D eigenvalue weighted by molar-refractivity contribution is 0.0475. The van der Waals surface area contributed by atoms with Crippen molar-refractivity contribution in [1.29, 1.82) is 0 Å². The lowest BCUT2D eigenvalue weighted by Gasteiger charge is -1.96. The predicted octanol–water partition coefficient (Wildman–Crippen LogP) is 1.13. The van der Waals surface area contributed by atoms with E-state index in [1.54, 1.807) is 23.9 Å². The maximum absolute atomic E-state index is 11.3. The summed E-state index contributed by atoms with van der Waals surface area (Å²) in [5, 5.41) is 8.27. The van der Waals surface area contributed by atoms with Gasteiger partial charge >= 0.3 is 11.9 Å². The van der Waals surface area contributed by atoms with Crippen LogP contribution in [0.1, 0.15) is 17.6 Å². The van der Waals surface area contributed by atoms with Crippen molar-refractivity contribution in [2.75, 3.05) is 6.61 Å². The maximum Gasteiger partial charge on any atom is 0.396 e. The molecule has 0 saturated carbocycles. The van der Waals surface area contributed by atoms with Gasteiger partial charge in [-0.1, -0.05) is 5.10 Å². The summed E-state index contributed by atoms with van der Waals surface area (Å²) in [6.45, 7) is 1.97. The highest BCUT2D eigenvalue weighted by Gasteiger charge is 2.17. The molecule has 0 spiro atoms. The molecule has 0 aliphatic carbocycles. The smallest absolute Gasteiger partial charge is 0.396 e. The van der Waals surface area contributed by atoms with Crippen molar-refractivity contribution >= 4 is 17.7 Å². The van der Waals surface area contributed by atoms with Crippen LogP contribution in [0.15, 0.2) is 27.2 Å². The normalized spacial score (nSPS) is 10.5. The Kier molecular flexibility index (Phi) is 3.43. The molecule has 0 N–H and O–H groups in total. The number of aryl methyl sites for hydroxylation is 1. The van der Waals surface area contributed by atoms with Crippen molar-refractivity contribution in [3.05, 3.63) is 18.3 Å². The van der Waals surface area contributed by atoms with Gasteiger partial charge in [0.05, 0.1) is 6.61 Å². The molecule has 0 fully saturated rings. The van der Waals surface area contributed by atoms with E-state index in [0.717, 1.165) is 0 Å². The van der Waals surface area contributed by atoms with E-state index in [9.17, 15) is 4.79 Å². The molecule has 0 atom stereocenters. The highest BCUT2D eigenvalue weighted by molar-refractivity contribution is 7.98. The fourth-order valence-electron chi connectivity index (χ4n) is 1.05. The lowest BCUT2D eigenvalue weighted by atomic mass is 10.7. The van der Waals surface area contributed by atoms with E-state index in [-0.39, 0.29) is 17.7 Å². The average Bonchev–Trinajstić information content (AvgIpc) is 2.90. The third-order valence-electron chi connectivity index (χ3n) is 1.81.